The molecule has 0 spiro atoms. The van der Waals surface area contributed by atoms with E-state index >= 15 is 0 Å². The number of rotatable bonds is 2. The molecule has 0 aromatic carbocycles. The van der Waals surface area contributed by atoms with Gasteiger partial charge in [-0.25, -0.2) is 4.79 Å². The highest BCUT2D eigenvalue weighted by molar-refractivity contribution is 6.27. The first kappa shape index (κ1) is 12.0. The number of likely N-dealkylation sites (tertiary alicyclic amines) is 1. The maximum Gasteiger partial charge on any atom is 0.354 e. The van der Waals surface area contributed by atoms with Gasteiger partial charge < -0.3 is 10.5 Å². The number of nitrogens with two attached hydrogens (primary N) is 1. The van der Waals surface area contributed by atoms with Gasteiger partial charge in [-0.2, -0.15) is 0 Å². The lowest BCUT2D eigenvalue weighted by Crippen LogP contribution is -2.66. The Labute approximate surface area is 92.8 Å². The van der Waals surface area contributed by atoms with E-state index < -0.39 is 17.5 Å². The van der Waals surface area contributed by atoms with Crippen molar-refractivity contribution < 1.29 is 14.3 Å². The molecule has 0 unspecified atom stereocenters. The van der Waals surface area contributed by atoms with Gasteiger partial charge in [0.05, 0.1) is 7.11 Å². The Morgan fingerprint density at radius 1 is 1.53 bits per heavy atom. The number of halogens is 1. The molecule has 0 bridgehead atoms. The number of carbonyl (C=O) groups excluding carboxylic acids is 2. The largest absolute Gasteiger partial charge is 0.464 e. The van der Waals surface area contributed by atoms with Crippen LogP contribution in [0.1, 0.15) is 13.8 Å². The first-order chi connectivity index (χ1) is 6.91. The zero-order valence-electron chi connectivity index (χ0n) is 8.78. The third-order valence-corrected chi connectivity index (χ3v) is 2.63. The Balaban J connectivity index is 3.00. The Morgan fingerprint density at radius 3 is 2.40 bits per heavy atom. The Bertz CT molecular complexity index is 336. The SMILES string of the molecule is COC(=O)C(=C(C)C)N1C(=O)[C@H](N)[C@H]1Cl. The van der Waals surface area contributed by atoms with Crippen molar-refractivity contribution in [1.29, 1.82) is 0 Å². The second kappa shape index (κ2) is 4.20. The van der Waals surface area contributed by atoms with Crippen molar-refractivity contribution in [2.75, 3.05) is 7.11 Å². The van der Waals surface area contributed by atoms with E-state index in [1.165, 1.54) is 7.11 Å². The zero-order chi connectivity index (χ0) is 11.7. The van der Waals surface area contributed by atoms with Crippen molar-refractivity contribution in [1.82, 2.24) is 4.90 Å². The summed E-state index contributed by atoms with van der Waals surface area (Å²) in [6.45, 7) is 3.40. The van der Waals surface area contributed by atoms with Gasteiger partial charge in [0.1, 0.15) is 17.2 Å². The molecule has 1 saturated heterocycles. The topological polar surface area (TPSA) is 72.6 Å². The molecular weight excluding hydrogens is 220 g/mol. The van der Waals surface area contributed by atoms with Gasteiger partial charge in [-0.05, 0) is 19.4 Å². The van der Waals surface area contributed by atoms with Gasteiger partial charge in [0.15, 0.2) is 0 Å². The highest BCUT2D eigenvalue weighted by Gasteiger charge is 2.47. The molecule has 0 aliphatic carbocycles. The minimum absolute atomic E-state index is 0.171. The van der Waals surface area contributed by atoms with Crippen molar-refractivity contribution in [3.8, 4) is 0 Å². The van der Waals surface area contributed by atoms with Crippen LogP contribution >= 0.6 is 11.6 Å². The summed E-state index contributed by atoms with van der Waals surface area (Å²) in [4.78, 5) is 24.0. The van der Waals surface area contributed by atoms with E-state index in [4.69, 9.17) is 17.3 Å². The molecular formula is C9H13ClN2O3. The zero-order valence-corrected chi connectivity index (χ0v) is 9.54. The number of methoxy groups -OCH3 is 1. The third kappa shape index (κ3) is 1.85. The smallest absolute Gasteiger partial charge is 0.354 e. The molecule has 1 fully saturated rings. The van der Waals surface area contributed by atoms with Crippen LogP contribution in [-0.2, 0) is 14.3 Å². The summed E-state index contributed by atoms with van der Waals surface area (Å²) in [6.07, 6.45) is 0. The highest BCUT2D eigenvalue weighted by Crippen LogP contribution is 2.29. The monoisotopic (exact) mass is 232 g/mol. The lowest BCUT2D eigenvalue weighted by Gasteiger charge is -2.42. The van der Waals surface area contributed by atoms with Crippen LogP contribution in [0.15, 0.2) is 11.3 Å². The van der Waals surface area contributed by atoms with Crippen LogP contribution in [0.4, 0.5) is 0 Å². The van der Waals surface area contributed by atoms with E-state index in [1.54, 1.807) is 13.8 Å². The molecule has 1 amide bonds. The Hall–Kier alpha value is -1.07. The summed E-state index contributed by atoms with van der Waals surface area (Å²) in [7, 11) is 1.25. The number of esters is 1. The fraction of sp³-hybridized carbons (Fsp3) is 0.556. The molecule has 6 heteroatoms. The van der Waals surface area contributed by atoms with E-state index in [0.717, 1.165) is 4.90 Å². The standard InChI is InChI=1S/C9H13ClN2O3/c1-4(2)6(9(14)15-3)12-7(10)5(11)8(12)13/h5,7H,11H2,1-3H3/t5-,7+/m1/s1. The van der Waals surface area contributed by atoms with E-state index in [2.05, 4.69) is 4.74 Å². The van der Waals surface area contributed by atoms with E-state index in [-0.39, 0.29) is 11.6 Å². The first-order valence-electron chi connectivity index (χ1n) is 4.40. The van der Waals surface area contributed by atoms with Crippen LogP contribution in [-0.4, -0.2) is 35.4 Å². The third-order valence-electron chi connectivity index (χ3n) is 2.16. The van der Waals surface area contributed by atoms with Crippen molar-refractivity contribution in [2.24, 2.45) is 5.73 Å². The van der Waals surface area contributed by atoms with Gasteiger partial charge in [0.25, 0.3) is 0 Å². The van der Waals surface area contributed by atoms with E-state index in [0.29, 0.717) is 5.57 Å². The second-order valence-corrected chi connectivity index (χ2v) is 3.89. The average molecular weight is 233 g/mol. The Kier molecular flexibility index (Phi) is 3.36. The lowest BCUT2D eigenvalue weighted by molar-refractivity contribution is -0.149. The fourth-order valence-corrected chi connectivity index (χ4v) is 1.65. The minimum Gasteiger partial charge on any atom is -0.464 e. The predicted molar refractivity (Wildman–Crippen MR) is 54.9 cm³/mol. The van der Waals surface area contributed by atoms with Gasteiger partial charge in [-0.3, -0.25) is 9.69 Å². The highest BCUT2D eigenvalue weighted by atomic mass is 35.5. The average Bonchev–Trinajstić information content (AvgIpc) is 2.22. The molecule has 15 heavy (non-hydrogen) atoms. The van der Waals surface area contributed by atoms with Gasteiger partial charge >= 0.3 is 5.97 Å². The van der Waals surface area contributed by atoms with Crippen LogP contribution < -0.4 is 5.73 Å². The number of hydrogen-bond donors (Lipinski definition) is 1. The number of allylic oxidation sites excluding steroid dienone is 1. The molecule has 0 aromatic heterocycles. The number of hydrogen-bond acceptors (Lipinski definition) is 4. The van der Waals surface area contributed by atoms with Crippen LogP contribution in [0, 0.1) is 0 Å². The summed E-state index contributed by atoms with van der Waals surface area (Å²) in [6, 6.07) is -0.745. The molecule has 1 heterocycles. The number of nitrogens with zero attached hydrogens (tertiary/aromatic N) is 1. The van der Waals surface area contributed by atoms with Crippen LogP contribution in [0.25, 0.3) is 0 Å². The van der Waals surface area contributed by atoms with Crippen molar-refractivity contribution in [2.45, 2.75) is 25.4 Å². The van der Waals surface area contributed by atoms with E-state index in [9.17, 15) is 9.59 Å². The molecule has 2 N–H and O–H groups in total. The van der Waals surface area contributed by atoms with Crippen LogP contribution in [0.5, 0.6) is 0 Å². The number of carbonyl (C=O) groups is 2. The fourth-order valence-electron chi connectivity index (χ4n) is 1.35. The van der Waals surface area contributed by atoms with Gasteiger partial charge in [0, 0.05) is 0 Å². The molecule has 84 valence electrons. The van der Waals surface area contributed by atoms with Gasteiger partial charge in [-0.1, -0.05) is 11.6 Å². The maximum atomic E-state index is 11.4. The summed E-state index contributed by atoms with van der Waals surface area (Å²) in [5.41, 5.74) is 5.59. The van der Waals surface area contributed by atoms with Crippen molar-refractivity contribution in [3.05, 3.63) is 11.3 Å². The molecule has 2 atom stereocenters. The molecule has 5 nitrogen and oxygen atoms in total. The Morgan fingerprint density at radius 2 is 2.07 bits per heavy atom. The normalized spacial score (nSPS) is 24.6. The molecule has 0 saturated carbocycles. The molecule has 1 aliphatic rings. The van der Waals surface area contributed by atoms with Crippen LogP contribution in [0.3, 0.4) is 0 Å². The van der Waals surface area contributed by atoms with E-state index in [1.807, 2.05) is 0 Å². The number of alkyl halides is 1. The second-order valence-electron chi connectivity index (χ2n) is 3.45. The quantitative estimate of drug-likeness (QED) is 0.243. The number of amides is 1. The summed E-state index contributed by atoms with van der Waals surface area (Å²) >= 11 is 5.84. The minimum atomic E-state index is -0.745. The molecule has 1 aliphatic heterocycles. The predicted octanol–water partition coefficient (Wildman–Crippen LogP) is 0.188. The van der Waals surface area contributed by atoms with Crippen molar-refractivity contribution >= 4 is 23.5 Å². The first-order valence-corrected chi connectivity index (χ1v) is 4.84. The van der Waals surface area contributed by atoms with Gasteiger partial charge in [0.2, 0.25) is 5.91 Å². The van der Waals surface area contributed by atoms with Gasteiger partial charge in [-0.15, -0.1) is 0 Å². The molecule has 0 aromatic rings. The number of β-lactam (4-membered cyclic amide) rings is 1. The number of ether oxygens (including phenoxy) is 1. The maximum absolute atomic E-state index is 11.4. The van der Waals surface area contributed by atoms with Crippen molar-refractivity contribution in [3.63, 3.8) is 0 Å². The molecule has 1 rings (SSSR count). The summed E-state index contributed by atoms with van der Waals surface area (Å²) < 4.78 is 4.57. The van der Waals surface area contributed by atoms with Crippen LogP contribution in [0.2, 0.25) is 0 Å². The summed E-state index contributed by atoms with van der Waals surface area (Å²) in [5, 5.41) is 0. The summed E-state index contributed by atoms with van der Waals surface area (Å²) in [5.74, 6) is -0.947. The lowest BCUT2D eigenvalue weighted by atomic mass is 10.1. The molecule has 0 radical (unpaired) electrons.